The van der Waals surface area contributed by atoms with Crippen LogP contribution in [0.2, 0.25) is 5.02 Å². The minimum absolute atomic E-state index is 0.0990. The van der Waals surface area contributed by atoms with Gasteiger partial charge in [0.2, 0.25) is 5.91 Å². The molecule has 160 valence electrons. The molecule has 2 aromatic rings. The Hall–Kier alpha value is -2.84. The molecule has 30 heavy (non-hydrogen) atoms. The Kier molecular flexibility index (Phi) is 6.79. The van der Waals surface area contributed by atoms with Crippen molar-refractivity contribution in [1.82, 2.24) is 4.90 Å². The van der Waals surface area contributed by atoms with Gasteiger partial charge in [0.15, 0.2) is 0 Å². The summed E-state index contributed by atoms with van der Waals surface area (Å²) in [6, 6.07) is 9.85. The van der Waals surface area contributed by atoms with Gasteiger partial charge in [-0.1, -0.05) is 23.7 Å². The number of carbonyl (C=O) groups is 1. The van der Waals surface area contributed by atoms with E-state index >= 15 is 0 Å². The number of hydrogen-bond donors (Lipinski definition) is 1. The lowest BCUT2D eigenvalue weighted by Gasteiger charge is -2.38. The summed E-state index contributed by atoms with van der Waals surface area (Å²) in [6.45, 7) is 6.17. The number of aryl methyl sites for hydroxylation is 1. The van der Waals surface area contributed by atoms with Crippen molar-refractivity contribution in [2.24, 2.45) is 0 Å². The predicted molar refractivity (Wildman–Crippen MR) is 118 cm³/mol. The normalized spacial score (nSPS) is 15.5. The van der Waals surface area contributed by atoms with Crippen molar-refractivity contribution >= 4 is 34.6 Å². The topological polar surface area (TPSA) is 88.0 Å². The van der Waals surface area contributed by atoms with Gasteiger partial charge in [0, 0.05) is 43.3 Å². The molecule has 1 unspecified atom stereocenters. The van der Waals surface area contributed by atoms with Crippen LogP contribution >= 0.6 is 11.6 Å². The third-order valence-electron chi connectivity index (χ3n) is 5.40. The monoisotopic (exact) mass is 432 g/mol. The van der Waals surface area contributed by atoms with Crippen molar-refractivity contribution in [2.45, 2.75) is 19.9 Å². The van der Waals surface area contributed by atoms with Crippen molar-refractivity contribution in [3.8, 4) is 5.75 Å². The van der Waals surface area contributed by atoms with E-state index < -0.39 is 0 Å². The number of ether oxygens (including phenoxy) is 1. The van der Waals surface area contributed by atoms with Crippen molar-refractivity contribution < 1.29 is 14.5 Å². The third-order valence-corrected chi connectivity index (χ3v) is 5.81. The van der Waals surface area contributed by atoms with Gasteiger partial charge in [-0.05, 0) is 31.5 Å². The first-order valence-electron chi connectivity index (χ1n) is 9.69. The molecule has 1 N–H and O–H groups in total. The predicted octanol–water partition coefficient (Wildman–Crippen LogP) is 3.71. The zero-order valence-corrected chi connectivity index (χ0v) is 18.0. The van der Waals surface area contributed by atoms with E-state index in [2.05, 4.69) is 10.2 Å². The maximum Gasteiger partial charge on any atom is 0.292 e. The van der Waals surface area contributed by atoms with Crippen molar-refractivity contribution in [3.63, 3.8) is 0 Å². The Labute approximate surface area is 180 Å². The molecule has 2 aromatic carbocycles. The highest BCUT2D eigenvalue weighted by atomic mass is 35.5. The number of hydrogen-bond acceptors (Lipinski definition) is 6. The van der Waals surface area contributed by atoms with Gasteiger partial charge in [-0.3, -0.25) is 19.8 Å². The highest BCUT2D eigenvalue weighted by Crippen LogP contribution is 2.31. The molecule has 1 saturated heterocycles. The molecule has 1 atom stereocenters. The smallest absolute Gasteiger partial charge is 0.292 e. The average molecular weight is 433 g/mol. The lowest BCUT2D eigenvalue weighted by molar-refractivity contribution is -0.384. The first-order valence-corrected chi connectivity index (χ1v) is 10.1. The Morgan fingerprint density at radius 1 is 1.23 bits per heavy atom. The van der Waals surface area contributed by atoms with Crippen LogP contribution in [0.5, 0.6) is 5.75 Å². The summed E-state index contributed by atoms with van der Waals surface area (Å²) in [4.78, 5) is 27.8. The number of amides is 1. The molecule has 0 spiro atoms. The lowest BCUT2D eigenvalue weighted by atomic mass is 10.1. The molecule has 3 rings (SSSR count). The summed E-state index contributed by atoms with van der Waals surface area (Å²) in [5.41, 5.74) is 2.14. The van der Waals surface area contributed by atoms with Gasteiger partial charge < -0.3 is 15.0 Å². The van der Waals surface area contributed by atoms with Crippen LogP contribution in [0.4, 0.5) is 17.1 Å². The van der Waals surface area contributed by atoms with Crippen LogP contribution in [0.3, 0.4) is 0 Å². The third kappa shape index (κ3) is 4.66. The molecular weight excluding hydrogens is 408 g/mol. The molecule has 1 aliphatic heterocycles. The number of nitrogens with zero attached hydrogens (tertiary/aromatic N) is 3. The Morgan fingerprint density at radius 3 is 2.53 bits per heavy atom. The summed E-state index contributed by atoms with van der Waals surface area (Å²) in [6.07, 6.45) is 0. The molecule has 0 bridgehead atoms. The number of methoxy groups -OCH3 is 1. The lowest BCUT2D eigenvalue weighted by Crippen LogP contribution is -2.53. The number of nitro benzene ring substituents is 1. The Morgan fingerprint density at radius 2 is 1.90 bits per heavy atom. The van der Waals surface area contributed by atoms with E-state index in [9.17, 15) is 14.9 Å². The molecule has 1 fully saturated rings. The van der Waals surface area contributed by atoms with Crippen LogP contribution in [0.15, 0.2) is 36.4 Å². The van der Waals surface area contributed by atoms with E-state index in [1.54, 1.807) is 30.3 Å². The van der Waals surface area contributed by atoms with Gasteiger partial charge in [-0.25, -0.2) is 0 Å². The van der Waals surface area contributed by atoms with Crippen molar-refractivity contribution in [2.75, 3.05) is 43.5 Å². The number of anilines is 2. The quantitative estimate of drug-likeness (QED) is 0.553. The van der Waals surface area contributed by atoms with E-state index in [-0.39, 0.29) is 22.6 Å². The van der Waals surface area contributed by atoms with Crippen LogP contribution in [-0.2, 0) is 4.79 Å². The molecule has 0 saturated carbocycles. The summed E-state index contributed by atoms with van der Waals surface area (Å²) < 4.78 is 5.33. The van der Waals surface area contributed by atoms with E-state index in [1.807, 2.05) is 18.7 Å². The molecular formula is C21H25ClN4O4. The van der Waals surface area contributed by atoms with E-state index in [0.29, 0.717) is 48.3 Å². The molecule has 1 amide bonds. The maximum atomic E-state index is 12.8. The number of para-hydroxylation sites is 2. The fraction of sp³-hybridized carbons (Fsp3) is 0.381. The van der Waals surface area contributed by atoms with Gasteiger partial charge in [-0.2, -0.15) is 0 Å². The Balaban J connectivity index is 1.64. The highest BCUT2D eigenvalue weighted by molar-refractivity contribution is 6.31. The number of halogens is 1. The van der Waals surface area contributed by atoms with Crippen LogP contribution in [0.1, 0.15) is 12.5 Å². The fourth-order valence-electron chi connectivity index (χ4n) is 3.57. The molecule has 0 radical (unpaired) electrons. The Bertz CT molecular complexity index is 945. The van der Waals surface area contributed by atoms with Crippen LogP contribution < -0.4 is 15.0 Å². The standard InChI is InChI=1S/C21H25ClN4O4/c1-14-12-17(20(30-3)13-16(14)22)23-21(27)15(2)24-8-10-25(11-9-24)18-6-4-5-7-19(18)26(28)29/h4-7,12-13,15H,8-11H2,1-3H3,(H,23,27). The maximum absolute atomic E-state index is 12.8. The van der Waals surface area contributed by atoms with Gasteiger partial charge >= 0.3 is 0 Å². The molecule has 1 heterocycles. The average Bonchev–Trinajstić information content (AvgIpc) is 2.75. The zero-order chi connectivity index (χ0) is 21.8. The van der Waals surface area contributed by atoms with Crippen molar-refractivity contribution in [1.29, 1.82) is 0 Å². The molecule has 0 aromatic heterocycles. The fourth-order valence-corrected chi connectivity index (χ4v) is 3.72. The number of rotatable bonds is 6. The second kappa shape index (κ2) is 9.32. The largest absolute Gasteiger partial charge is 0.495 e. The van der Waals surface area contributed by atoms with E-state index in [0.717, 1.165) is 5.56 Å². The zero-order valence-electron chi connectivity index (χ0n) is 17.2. The number of nitro groups is 1. The van der Waals surface area contributed by atoms with E-state index in [1.165, 1.54) is 13.2 Å². The first-order chi connectivity index (χ1) is 14.3. The van der Waals surface area contributed by atoms with Crippen molar-refractivity contribution in [3.05, 3.63) is 57.1 Å². The first kappa shape index (κ1) is 21.9. The molecule has 1 aliphatic rings. The molecule has 9 heteroatoms. The minimum atomic E-state index is -0.362. The number of piperazine rings is 1. The van der Waals surface area contributed by atoms with Crippen LogP contribution in [-0.4, -0.2) is 55.1 Å². The van der Waals surface area contributed by atoms with Crippen LogP contribution in [0.25, 0.3) is 0 Å². The SMILES string of the molecule is COc1cc(Cl)c(C)cc1NC(=O)C(C)N1CCN(c2ccccc2[N+](=O)[O-])CC1. The summed E-state index contributed by atoms with van der Waals surface area (Å²) >= 11 is 6.13. The number of carbonyl (C=O) groups excluding carboxylic acids is 1. The summed E-state index contributed by atoms with van der Waals surface area (Å²) in [5, 5.41) is 14.8. The van der Waals surface area contributed by atoms with Gasteiger partial charge in [0.05, 0.1) is 23.8 Å². The second-order valence-electron chi connectivity index (χ2n) is 7.24. The number of benzene rings is 2. The van der Waals surface area contributed by atoms with Crippen LogP contribution in [0, 0.1) is 17.0 Å². The highest BCUT2D eigenvalue weighted by Gasteiger charge is 2.28. The summed E-state index contributed by atoms with van der Waals surface area (Å²) in [7, 11) is 1.53. The van der Waals surface area contributed by atoms with Gasteiger partial charge in [0.25, 0.3) is 5.69 Å². The second-order valence-corrected chi connectivity index (χ2v) is 7.64. The summed E-state index contributed by atoms with van der Waals surface area (Å²) in [5.74, 6) is 0.363. The molecule has 8 nitrogen and oxygen atoms in total. The number of nitrogens with one attached hydrogen (secondary N) is 1. The van der Waals surface area contributed by atoms with Gasteiger partial charge in [0.1, 0.15) is 11.4 Å². The van der Waals surface area contributed by atoms with E-state index in [4.69, 9.17) is 16.3 Å². The minimum Gasteiger partial charge on any atom is -0.495 e. The van der Waals surface area contributed by atoms with Gasteiger partial charge in [-0.15, -0.1) is 0 Å². The molecule has 0 aliphatic carbocycles.